The van der Waals surface area contributed by atoms with E-state index >= 15 is 0 Å². The molecular weight excluding hydrogens is 329 g/mol. The van der Waals surface area contributed by atoms with E-state index in [2.05, 4.69) is 20.7 Å². The molecule has 19 heavy (non-hydrogen) atoms. The molecule has 0 N–H and O–H groups in total. The zero-order valence-electron chi connectivity index (χ0n) is 10.3. The molecule has 0 heterocycles. The molecule has 0 saturated heterocycles. The number of ketones is 1. The third-order valence-corrected chi connectivity index (χ3v) is 2.64. The fourth-order valence-corrected chi connectivity index (χ4v) is 1.59. The van der Waals surface area contributed by atoms with Gasteiger partial charge in [-0.15, -0.1) is 0 Å². The summed E-state index contributed by atoms with van der Waals surface area (Å²) >= 11 is 3.11. The Hall–Kier alpha value is -1.24. The number of hydrogen-bond donors (Lipinski definition) is 0. The van der Waals surface area contributed by atoms with Crippen molar-refractivity contribution in [1.29, 1.82) is 0 Å². The van der Waals surface area contributed by atoms with Gasteiger partial charge in [-0.05, 0) is 25.1 Å². The first-order chi connectivity index (χ1) is 8.80. The first-order valence-electron chi connectivity index (χ1n) is 5.30. The number of alkyl halides is 4. The van der Waals surface area contributed by atoms with Crippen LogP contribution in [0.15, 0.2) is 18.2 Å². The number of carbonyl (C=O) groups is 1. The molecule has 1 aromatic rings. The molecule has 1 aromatic carbocycles. The summed E-state index contributed by atoms with van der Waals surface area (Å²) in [5.74, 6) is -0.627. The second-order valence-electron chi connectivity index (χ2n) is 3.72. The van der Waals surface area contributed by atoms with E-state index in [0.29, 0.717) is 0 Å². The van der Waals surface area contributed by atoms with E-state index in [4.69, 9.17) is 4.74 Å². The van der Waals surface area contributed by atoms with E-state index in [1.54, 1.807) is 6.92 Å². The molecule has 0 fully saturated rings. The van der Waals surface area contributed by atoms with Crippen molar-refractivity contribution in [2.45, 2.75) is 17.9 Å². The average Bonchev–Trinajstić information content (AvgIpc) is 2.37. The van der Waals surface area contributed by atoms with Crippen molar-refractivity contribution in [2.75, 3.05) is 13.8 Å². The molecule has 1 rings (SSSR count). The van der Waals surface area contributed by atoms with Crippen molar-refractivity contribution in [3.63, 3.8) is 0 Å². The van der Waals surface area contributed by atoms with Gasteiger partial charge in [0.05, 0.1) is 11.9 Å². The van der Waals surface area contributed by atoms with Gasteiger partial charge < -0.3 is 9.47 Å². The Morgan fingerprint density at radius 1 is 1.42 bits per heavy atom. The highest BCUT2D eigenvalue weighted by molar-refractivity contribution is 9.10. The van der Waals surface area contributed by atoms with E-state index in [-0.39, 0.29) is 22.8 Å². The van der Waals surface area contributed by atoms with Gasteiger partial charge in [-0.2, -0.15) is 8.78 Å². The summed E-state index contributed by atoms with van der Waals surface area (Å²) in [4.78, 5) is 11.3. The van der Waals surface area contributed by atoms with Gasteiger partial charge in [-0.1, -0.05) is 15.9 Å². The molecule has 0 amide bonds. The quantitative estimate of drug-likeness (QED) is 0.586. The van der Waals surface area contributed by atoms with Crippen molar-refractivity contribution in [3.8, 4) is 11.5 Å². The molecule has 0 aromatic heterocycles. The monoisotopic (exact) mass is 340 g/mol. The Morgan fingerprint density at radius 3 is 2.53 bits per heavy atom. The zero-order valence-corrected chi connectivity index (χ0v) is 11.8. The van der Waals surface area contributed by atoms with Gasteiger partial charge in [0.2, 0.25) is 0 Å². The van der Waals surface area contributed by atoms with Crippen LogP contribution in [0.2, 0.25) is 0 Å². The number of benzene rings is 1. The highest BCUT2D eigenvalue weighted by Crippen LogP contribution is 2.33. The first-order valence-corrected chi connectivity index (χ1v) is 6.21. The molecule has 0 bridgehead atoms. The van der Waals surface area contributed by atoms with Crippen molar-refractivity contribution in [3.05, 3.63) is 23.8 Å². The van der Waals surface area contributed by atoms with Crippen LogP contribution in [0.25, 0.3) is 0 Å². The van der Waals surface area contributed by atoms with Crippen molar-refractivity contribution in [2.24, 2.45) is 0 Å². The third-order valence-electron chi connectivity index (χ3n) is 2.22. The summed E-state index contributed by atoms with van der Waals surface area (Å²) in [6.07, 6.45) is -3.93. The summed E-state index contributed by atoms with van der Waals surface area (Å²) in [5.41, 5.74) is 0.275. The Kier molecular flexibility index (Phi) is 5.22. The molecular formula is C12H12BrF3O3. The number of rotatable bonds is 6. The molecule has 0 aliphatic carbocycles. The number of methoxy groups -OCH3 is 1. The Morgan fingerprint density at radius 2 is 2.05 bits per heavy atom. The molecule has 1 atom stereocenters. The molecule has 0 aliphatic rings. The number of ether oxygens (including phenoxy) is 2. The summed E-state index contributed by atoms with van der Waals surface area (Å²) in [7, 11) is 1.24. The van der Waals surface area contributed by atoms with Crippen LogP contribution in [-0.4, -0.2) is 30.5 Å². The normalized spacial score (nSPS) is 12.9. The van der Waals surface area contributed by atoms with Crippen molar-refractivity contribution in [1.82, 2.24) is 0 Å². The predicted octanol–water partition coefficient (Wildman–Crippen LogP) is 3.60. The van der Waals surface area contributed by atoms with Crippen LogP contribution < -0.4 is 9.47 Å². The minimum Gasteiger partial charge on any atom is -0.493 e. The summed E-state index contributed by atoms with van der Waals surface area (Å²) in [6.45, 7) is -0.314. The minimum atomic E-state index is -3.93. The molecule has 3 nitrogen and oxygen atoms in total. The molecule has 106 valence electrons. The molecule has 1 unspecified atom stereocenters. The van der Waals surface area contributed by atoms with Gasteiger partial charge in [-0.3, -0.25) is 4.79 Å². The Balaban J connectivity index is 3.07. The van der Waals surface area contributed by atoms with Gasteiger partial charge >= 0.3 is 6.11 Å². The summed E-state index contributed by atoms with van der Waals surface area (Å²) < 4.78 is 46.7. The van der Waals surface area contributed by atoms with Gasteiger partial charge in [0.1, 0.15) is 0 Å². The second-order valence-corrected chi connectivity index (χ2v) is 5.09. The highest BCUT2D eigenvalue weighted by Gasteiger charge is 2.33. The first kappa shape index (κ1) is 15.8. The van der Waals surface area contributed by atoms with Gasteiger partial charge in [0, 0.05) is 5.56 Å². The van der Waals surface area contributed by atoms with Crippen LogP contribution in [0, 0.1) is 0 Å². The topological polar surface area (TPSA) is 35.5 Å². The van der Waals surface area contributed by atoms with Crippen LogP contribution in [0.4, 0.5) is 13.2 Å². The van der Waals surface area contributed by atoms with Gasteiger partial charge in [0.15, 0.2) is 24.0 Å². The molecule has 0 saturated carbocycles. The Bertz CT molecular complexity index is 464. The maximum atomic E-state index is 12.8. The highest BCUT2D eigenvalue weighted by atomic mass is 79.9. The van der Waals surface area contributed by atoms with Crippen LogP contribution in [-0.2, 0) is 0 Å². The van der Waals surface area contributed by atoms with E-state index in [0.717, 1.165) is 6.07 Å². The van der Waals surface area contributed by atoms with Gasteiger partial charge in [0.25, 0.3) is 0 Å². The van der Waals surface area contributed by atoms with E-state index in [9.17, 15) is 18.0 Å². The fraction of sp³-hybridized carbons (Fsp3) is 0.417. The molecule has 0 spiro atoms. The standard InChI is InChI=1S/C12H12BrF3O3/c1-7(13)11(17)8-3-4-9(10(5-8)18-2)19-12(15,16)6-14/h3-5,7H,6H2,1-2H3. The van der Waals surface area contributed by atoms with E-state index < -0.39 is 17.6 Å². The lowest BCUT2D eigenvalue weighted by Gasteiger charge is -2.17. The average molecular weight is 341 g/mol. The van der Waals surface area contributed by atoms with Crippen molar-refractivity contribution >= 4 is 21.7 Å². The lowest BCUT2D eigenvalue weighted by atomic mass is 10.1. The number of halogens is 4. The van der Waals surface area contributed by atoms with Crippen LogP contribution in [0.5, 0.6) is 11.5 Å². The SMILES string of the molecule is COc1cc(C(=O)C(C)Br)ccc1OC(F)(F)CF. The Labute approximate surface area is 116 Å². The number of Topliss-reactive ketones (excluding diaryl/α,β-unsaturated/α-hetero) is 1. The predicted molar refractivity (Wildman–Crippen MR) is 67.3 cm³/mol. The minimum absolute atomic E-state index is 0.0628. The van der Waals surface area contributed by atoms with Gasteiger partial charge in [-0.25, -0.2) is 4.39 Å². The van der Waals surface area contributed by atoms with Crippen LogP contribution in [0.1, 0.15) is 17.3 Å². The number of hydrogen-bond acceptors (Lipinski definition) is 3. The van der Waals surface area contributed by atoms with Crippen LogP contribution in [0.3, 0.4) is 0 Å². The maximum Gasteiger partial charge on any atom is 0.427 e. The third kappa shape index (κ3) is 4.12. The number of carbonyl (C=O) groups excluding carboxylic acids is 1. The lowest BCUT2D eigenvalue weighted by Crippen LogP contribution is -2.27. The molecule has 7 heteroatoms. The van der Waals surface area contributed by atoms with Crippen molar-refractivity contribution < 1.29 is 27.4 Å². The lowest BCUT2D eigenvalue weighted by molar-refractivity contribution is -0.187. The molecule has 0 aliphatic heterocycles. The fourth-order valence-electron chi connectivity index (χ4n) is 1.32. The zero-order chi connectivity index (χ0) is 14.6. The van der Waals surface area contributed by atoms with E-state index in [1.807, 2.05) is 0 Å². The smallest absolute Gasteiger partial charge is 0.427 e. The van der Waals surface area contributed by atoms with Crippen LogP contribution >= 0.6 is 15.9 Å². The van der Waals surface area contributed by atoms with E-state index in [1.165, 1.54) is 19.2 Å². The largest absolute Gasteiger partial charge is 0.493 e. The second kappa shape index (κ2) is 6.27. The summed E-state index contributed by atoms with van der Waals surface area (Å²) in [5, 5.41) is 0. The summed E-state index contributed by atoms with van der Waals surface area (Å²) in [6, 6.07) is 3.72. The maximum absolute atomic E-state index is 12.8. The molecule has 0 radical (unpaired) electrons.